The van der Waals surface area contributed by atoms with E-state index in [1.165, 1.54) is 14.2 Å². The third kappa shape index (κ3) is 8.94. The third-order valence-electron chi connectivity index (χ3n) is 1.00. The fourth-order valence-electron chi connectivity index (χ4n) is 0.450. The molecule has 0 aromatic heterocycles. The van der Waals surface area contributed by atoms with Gasteiger partial charge in [-0.25, -0.2) is 0 Å². The van der Waals surface area contributed by atoms with Gasteiger partial charge < -0.3 is 27.9 Å². The molecule has 8 heteroatoms. The largest absolute Gasteiger partial charge is 0.329 e. The van der Waals surface area contributed by atoms with Gasteiger partial charge in [-0.05, 0) is 6.42 Å². The van der Waals surface area contributed by atoms with E-state index < -0.39 is 17.2 Å². The van der Waals surface area contributed by atoms with Gasteiger partial charge in [0, 0.05) is 14.2 Å². The fourth-order valence-corrected chi connectivity index (χ4v) is 1.23. The highest BCUT2D eigenvalue weighted by molar-refractivity contribution is 7.40. The van der Waals surface area contributed by atoms with Gasteiger partial charge in [-0.1, -0.05) is 0 Å². The van der Waals surface area contributed by atoms with Gasteiger partial charge >= 0.3 is 17.2 Å². The van der Waals surface area contributed by atoms with Crippen LogP contribution in [0.15, 0.2) is 0 Å². The zero-order valence-electron chi connectivity index (χ0n) is 7.54. The molecule has 0 saturated carbocycles. The third-order valence-corrected chi connectivity index (χ3v) is 2.44. The Balaban J connectivity index is 3.08. The maximum absolute atomic E-state index is 8.82. The predicted octanol–water partition coefficient (Wildman–Crippen LogP) is 1.14. The molecule has 0 rings (SSSR count). The van der Waals surface area contributed by atoms with Crippen molar-refractivity contribution in [3.8, 4) is 0 Å². The molecule has 0 aliphatic carbocycles. The summed E-state index contributed by atoms with van der Waals surface area (Å²) in [5, 5.41) is 0. The molecule has 0 aliphatic rings. The van der Waals surface area contributed by atoms with E-state index in [1.54, 1.807) is 0 Å². The standard InChI is InChI=1S/C5H14O6P2/c1-8-12(6)10-4-3-5-11-13(7)9-2/h6-7H,3-5H2,1-2H3. The van der Waals surface area contributed by atoms with E-state index in [0.717, 1.165) is 0 Å². The SMILES string of the molecule is COP(O)OCCCOP(O)OC. The minimum absolute atomic E-state index is 0.322. The summed E-state index contributed by atoms with van der Waals surface area (Å²) in [6.45, 7) is 0.645. The molecule has 0 heterocycles. The normalized spacial score (nSPS) is 15.7. The summed E-state index contributed by atoms with van der Waals surface area (Å²) in [4.78, 5) is 17.6. The summed E-state index contributed by atoms with van der Waals surface area (Å²) in [5.41, 5.74) is 0. The molecule has 0 aromatic rings. The molecule has 13 heavy (non-hydrogen) atoms. The first-order chi connectivity index (χ1) is 6.20. The molecule has 0 bridgehead atoms. The molecule has 0 amide bonds. The van der Waals surface area contributed by atoms with Gasteiger partial charge in [0.1, 0.15) is 0 Å². The van der Waals surface area contributed by atoms with Crippen molar-refractivity contribution in [2.75, 3.05) is 27.4 Å². The van der Waals surface area contributed by atoms with Gasteiger partial charge in [-0.3, -0.25) is 0 Å². The highest BCUT2D eigenvalue weighted by atomic mass is 31.2. The van der Waals surface area contributed by atoms with E-state index in [-0.39, 0.29) is 0 Å². The highest BCUT2D eigenvalue weighted by Gasteiger charge is 2.04. The fraction of sp³-hybridized carbons (Fsp3) is 1.00. The van der Waals surface area contributed by atoms with E-state index in [4.69, 9.17) is 18.8 Å². The van der Waals surface area contributed by atoms with E-state index >= 15 is 0 Å². The summed E-state index contributed by atoms with van der Waals surface area (Å²) >= 11 is 0. The molecular formula is C5H14O6P2. The molecule has 0 aliphatic heterocycles. The molecule has 2 atom stereocenters. The van der Waals surface area contributed by atoms with Crippen molar-refractivity contribution in [3.63, 3.8) is 0 Å². The zero-order valence-corrected chi connectivity index (χ0v) is 9.33. The average Bonchev–Trinajstić information content (AvgIpc) is 2.16. The van der Waals surface area contributed by atoms with Crippen molar-refractivity contribution in [2.24, 2.45) is 0 Å². The molecule has 0 fully saturated rings. The first kappa shape index (κ1) is 13.6. The lowest BCUT2D eigenvalue weighted by Gasteiger charge is -2.08. The Bertz CT molecular complexity index is 103. The summed E-state index contributed by atoms with van der Waals surface area (Å²) in [6, 6.07) is 0. The first-order valence-electron chi connectivity index (χ1n) is 3.52. The molecule has 6 nitrogen and oxygen atoms in total. The number of rotatable bonds is 8. The van der Waals surface area contributed by atoms with Crippen molar-refractivity contribution in [1.29, 1.82) is 0 Å². The Kier molecular flexibility index (Phi) is 9.62. The molecule has 0 radical (unpaired) electrons. The van der Waals surface area contributed by atoms with Crippen molar-refractivity contribution >= 4 is 17.2 Å². The second-order valence-electron chi connectivity index (χ2n) is 1.86. The Morgan fingerprint density at radius 1 is 0.923 bits per heavy atom. The van der Waals surface area contributed by atoms with E-state index in [0.29, 0.717) is 19.6 Å². The Morgan fingerprint density at radius 2 is 1.31 bits per heavy atom. The van der Waals surface area contributed by atoms with Crippen LogP contribution in [0.4, 0.5) is 0 Å². The number of hydrogen-bond acceptors (Lipinski definition) is 6. The van der Waals surface area contributed by atoms with Gasteiger partial charge in [0.25, 0.3) is 0 Å². The minimum atomic E-state index is -1.76. The average molecular weight is 232 g/mol. The van der Waals surface area contributed by atoms with Crippen LogP contribution in [0.5, 0.6) is 0 Å². The predicted molar refractivity (Wildman–Crippen MR) is 48.8 cm³/mol. The van der Waals surface area contributed by atoms with Crippen LogP contribution in [0.25, 0.3) is 0 Å². The van der Waals surface area contributed by atoms with Crippen LogP contribution in [-0.4, -0.2) is 37.2 Å². The van der Waals surface area contributed by atoms with Crippen LogP contribution in [-0.2, 0) is 18.1 Å². The summed E-state index contributed by atoms with van der Waals surface area (Å²) in [5.74, 6) is 0. The van der Waals surface area contributed by atoms with Crippen molar-refractivity contribution in [2.45, 2.75) is 6.42 Å². The lowest BCUT2D eigenvalue weighted by Crippen LogP contribution is -1.97. The molecule has 0 spiro atoms. The van der Waals surface area contributed by atoms with Crippen molar-refractivity contribution < 1.29 is 27.9 Å². The Labute approximate surface area is 79.8 Å². The lowest BCUT2D eigenvalue weighted by molar-refractivity contribution is 0.188. The molecule has 80 valence electrons. The Hall–Kier alpha value is 0.620. The van der Waals surface area contributed by atoms with E-state index in [9.17, 15) is 0 Å². The summed E-state index contributed by atoms with van der Waals surface area (Å²) in [7, 11) is -0.793. The quantitative estimate of drug-likeness (QED) is 0.482. The van der Waals surface area contributed by atoms with E-state index in [1.807, 2.05) is 0 Å². The molecule has 0 aromatic carbocycles. The van der Waals surface area contributed by atoms with Gasteiger partial charge in [-0.2, -0.15) is 0 Å². The molecule has 0 saturated heterocycles. The minimum Gasteiger partial charge on any atom is -0.328 e. The molecule has 2 unspecified atom stereocenters. The van der Waals surface area contributed by atoms with Gasteiger partial charge in [0.15, 0.2) is 0 Å². The second-order valence-corrected chi connectivity index (χ2v) is 4.06. The number of hydrogen-bond donors (Lipinski definition) is 2. The maximum Gasteiger partial charge on any atom is 0.329 e. The molecular weight excluding hydrogens is 218 g/mol. The van der Waals surface area contributed by atoms with E-state index in [2.05, 4.69) is 9.05 Å². The topological polar surface area (TPSA) is 77.4 Å². The van der Waals surface area contributed by atoms with Crippen LogP contribution in [0.1, 0.15) is 6.42 Å². The second kappa shape index (κ2) is 9.19. The van der Waals surface area contributed by atoms with Crippen LogP contribution < -0.4 is 0 Å². The lowest BCUT2D eigenvalue weighted by atomic mass is 10.5. The van der Waals surface area contributed by atoms with Gasteiger partial charge in [-0.15, -0.1) is 0 Å². The van der Waals surface area contributed by atoms with Gasteiger partial charge in [0.05, 0.1) is 13.2 Å². The first-order valence-corrected chi connectivity index (χ1v) is 5.78. The monoisotopic (exact) mass is 232 g/mol. The maximum atomic E-state index is 8.82. The van der Waals surface area contributed by atoms with Crippen LogP contribution in [0.3, 0.4) is 0 Å². The van der Waals surface area contributed by atoms with Crippen molar-refractivity contribution in [3.05, 3.63) is 0 Å². The summed E-state index contributed by atoms with van der Waals surface area (Å²) < 4.78 is 18.6. The van der Waals surface area contributed by atoms with Crippen LogP contribution in [0.2, 0.25) is 0 Å². The highest BCUT2D eigenvalue weighted by Crippen LogP contribution is 2.32. The van der Waals surface area contributed by atoms with Crippen LogP contribution in [0, 0.1) is 0 Å². The van der Waals surface area contributed by atoms with Crippen LogP contribution >= 0.6 is 17.2 Å². The van der Waals surface area contributed by atoms with Crippen molar-refractivity contribution in [1.82, 2.24) is 0 Å². The van der Waals surface area contributed by atoms with Gasteiger partial charge in [0.2, 0.25) is 0 Å². The Morgan fingerprint density at radius 3 is 1.62 bits per heavy atom. The molecule has 2 N–H and O–H groups in total. The summed E-state index contributed by atoms with van der Waals surface area (Å²) in [6.07, 6.45) is 0.561. The zero-order chi connectivity index (χ0) is 10.1. The smallest absolute Gasteiger partial charge is 0.328 e.